The number of hydrogen-bond acceptors (Lipinski definition) is 7. The van der Waals surface area contributed by atoms with E-state index >= 15 is 0 Å². The van der Waals surface area contributed by atoms with Gasteiger partial charge in [-0.2, -0.15) is 9.90 Å². The fourth-order valence-electron chi connectivity index (χ4n) is 2.90. The van der Waals surface area contributed by atoms with E-state index in [0.29, 0.717) is 22.2 Å². The molecule has 1 atom stereocenters. The fraction of sp³-hybridized carbons (Fsp3) is 0.429. The number of aromatic nitrogens is 4. The lowest BCUT2D eigenvalue weighted by Crippen LogP contribution is -2.26. The maximum atomic E-state index is 12.0. The average molecular weight is 478 g/mol. The maximum Gasteiger partial charge on any atom is 0.413 e. The normalized spacial score (nSPS) is 12.7. The molecule has 2 heterocycles. The van der Waals surface area contributed by atoms with Crippen LogP contribution in [-0.4, -0.2) is 35.1 Å². The second-order valence-corrected chi connectivity index (χ2v) is 11.4. The molecule has 0 aliphatic rings. The number of benzene rings is 1. The van der Waals surface area contributed by atoms with Crippen LogP contribution >= 0.6 is 11.6 Å². The topological polar surface area (TPSA) is 104 Å². The summed E-state index contributed by atoms with van der Waals surface area (Å²) in [5.41, 5.74) is 1.23. The van der Waals surface area contributed by atoms with Gasteiger partial charge < -0.3 is 13.6 Å². The lowest BCUT2D eigenvalue weighted by molar-refractivity contribution is 0.0612. The minimum Gasteiger partial charge on any atom is -0.446 e. The lowest BCUT2D eigenvalue weighted by Gasteiger charge is -2.29. The third-order valence-corrected chi connectivity index (χ3v) is 5.56. The van der Waals surface area contributed by atoms with Crippen molar-refractivity contribution in [3.8, 4) is 0 Å². The van der Waals surface area contributed by atoms with Crippen molar-refractivity contribution in [3.05, 3.63) is 58.9 Å². The summed E-state index contributed by atoms with van der Waals surface area (Å²) < 4.78 is 17.0. The van der Waals surface area contributed by atoms with Crippen LogP contribution < -0.4 is 5.32 Å². The van der Waals surface area contributed by atoms with Gasteiger partial charge in [-0.15, -0.1) is 5.10 Å². The number of anilines is 1. The molecular weight excluding hydrogens is 450 g/mol. The van der Waals surface area contributed by atoms with Crippen LogP contribution in [-0.2, 0) is 22.3 Å². The summed E-state index contributed by atoms with van der Waals surface area (Å²) in [5.74, 6) is 0.807. The van der Waals surface area contributed by atoms with E-state index in [-0.39, 0.29) is 30.5 Å². The van der Waals surface area contributed by atoms with Crippen molar-refractivity contribution in [1.29, 1.82) is 0 Å². The van der Waals surface area contributed by atoms with Crippen molar-refractivity contribution in [2.24, 2.45) is 5.41 Å². The number of nitrogens with zero attached hydrogens (tertiary/aromatic N) is 4. The Bertz CT molecular complexity index is 1050. The molecule has 1 unspecified atom stereocenters. The van der Waals surface area contributed by atoms with Crippen LogP contribution in [0.4, 0.5) is 10.6 Å². The van der Waals surface area contributed by atoms with Crippen molar-refractivity contribution < 1.29 is 18.4 Å². The molecule has 1 amide bonds. The molecule has 0 spiro atoms. The monoisotopic (exact) mass is 477 g/mol. The molecule has 0 saturated heterocycles. The number of carbonyl (C=O) groups excluding carboxylic acids is 1. The number of ether oxygens (including phenoxy) is 1. The maximum absolute atomic E-state index is 12.0. The second-order valence-electron chi connectivity index (χ2n) is 8.66. The first kappa shape index (κ1) is 24.0. The summed E-state index contributed by atoms with van der Waals surface area (Å²) in [5, 5.41) is 11.5. The number of rotatable bonds is 8. The van der Waals surface area contributed by atoms with Gasteiger partial charge in [0.05, 0.1) is 6.20 Å². The standard InChI is InChI=1S/C21H28ClN5O4Si/c1-21(2,3)18(31-32(4)5)19-24-15(13-29-19)11-27-23-10-17(26-27)25-20(28)30-12-14-8-6-7-9-16(14)22/h6-10,13,18,32H,11-12H2,1-5H3,(H,25,26,28). The van der Waals surface area contributed by atoms with Gasteiger partial charge in [0.15, 0.2) is 14.9 Å². The first-order valence-corrected chi connectivity index (χ1v) is 13.4. The van der Waals surface area contributed by atoms with Crippen LogP contribution in [0.5, 0.6) is 0 Å². The van der Waals surface area contributed by atoms with Gasteiger partial charge in [-0.05, 0) is 24.6 Å². The molecule has 0 fully saturated rings. The molecule has 11 heteroatoms. The van der Waals surface area contributed by atoms with Gasteiger partial charge in [-0.3, -0.25) is 5.32 Å². The number of nitrogens with one attached hydrogen (secondary N) is 1. The van der Waals surface area contributed by atoms with Gasteiger partial charge >= 0.3 is 6.09 Å². The Morgan fingerprint density at radius 2 is 2.06 bits per heavy atom. The molecule has 0 aliphatic heterocycles. The number of carbonyl (C=O) groups is 1. The number of hydrogen-bond donors (Lipinski definition) is 1. The molecular formula is C21H28ClN5O4Si. The van der Waals surface area contributed by atoms with Crippen LogP contribution in [0.2, 0.25) is 18.1 Å². The zero-order valence-corrected chi connectivity index (χ0v) is 20.7. The van der Waals surface area contributed by atoms with E-state index in [1.165, 1.54) is 11.0 Å². The molecule has 0 aliphatic carbocycles. The molecule has 32 heavy (non-hydrogen) atoms. The zero-order chi connectivity index (χ0) is 23.3. The number of halogens is 1. The minimum atomic E-state index is -1.29. The molecule has 9 nitrogen and oxygen atoms in total. The van der Waals surface area contributed by atoms with Gasteiger partial charge in [-0.1, -0.05) is 50.6 Å². The molecule has 1 N–H and O–H groups in total. The van der Waals surface area contributed by atoms with Crippen LogP contribution in [0.25, 0.3) is 0 Å². The second kappa shape index (κ2) is 10.3. The van der Waals surface area contributed by atoms with E-state index in [0.717, 1.165) is 0 Å². The highest BCUT2D eigenvalue weighted by molar-refractivity contribution is 6.48. The number of amides is 1. The first-order valence-electron chi connectivity index (χ1n) is 10.3. The van der Waals surface area contributed by atoms with Crippen molar-refractivity contribution >= 4 is 32.6 Å². The van der Waals surface area contributed by atoms with Crippen molar-refractivity contribution in [3.63, 3.8) is 0 Å². The molecule has 2 aromatic heterocycles. The van der Waals surface area contributed by atoms with Crippen molar-refractivity contribution in [2.75, 3.05) is 5.32 Å². The Morgan fingerprint density at radius 1 is 1.31 bits per heavy atom. The summed E-state index contributed by atoms with van der Waals surface area (Å²) in [6.45, 7) is 10.9. The van der Waals surface area contributed by atoms with Crippen molar-refractivity contribution in [1.82, 2.24) is 20.0 Å². The largest absolute Gasteiger partial charge is 0.446 e. The van der Waals surface area contributed by atoms with Gasteiger partial charge in [0.25, 0.3) is 0 Å². The zero-order valence-electron chi connectivity index (χ0n) is 18.8. The van der Waals surface area contributed by atoms with Crippen molar-refractivity contribution in [2.45, 2.75) is 53.1 Å². The predicted octanol–water partition coefficient (Wildman–Crippen LogP) is 4.80. The molecule has 172 valence electrons. The Kier molecular flexibility index (Phi) is 7.70. The summed E-state index contributed by atoms with van der Waals surface area (Å²) in [6, 6.07) is 7.16. The van der Waals surface area contributed by atoms with E-state index < -0.39 is 15.1 Å². The van der Waals surface area contributed by atoms with E-state index in [1.54, 1.807) is 18.4 Å². The lowest BCUT2D eigenvalue weighted by atomic mass is 9.89. The third-order valence-electron chi connectivity index (χ3n) is 4.38. The van der Waals surface area contributed by atoms with E-state index in [1.807, 2.05) is 12.1 Å². The smallest absolute Gasteiger partial charge is 0.413 e. The fourth-order valence-corrected chi connectivity index (χ4v) is 4.15. The van der Waals surface area contributed by atoms with E-state index in [2.05, 4.69) is 54.4 Å². The van der Waals surface area contributed by atoms with Crippen LogP contribution in [0.3, 0.4) is 0 Å². The van der Waals surface area contributed by atoms with Crippen LogP contribution in [0.1, 0.15) is 44.0 Å². The Labute approximate surface area is 193 Å². The van der Waals surface area contributed by atoms with Gasteiger partial charge in [0.1, 0.15) is 31.2 Å². The summed E-state index contributed by atoms with van der Waals surface area (Å²) >= 11 is 6.06. The minimum absolute atomic E-state index is 0.0532. The highest BCUT2D eigenvalue weighted by Gasteiger charge is 2.32. The quantitative estimate of drug-likeness (QED) is 0.464. The molecule has 1 aromatic carbocycles. The molecule has 0 bridgehead atoms. The molecule has 3 aromatic rings. The predicted molar refractivity (Wildman–Crippen MR) is 123 cm³/mol. The highest BCUT2D eigenvalue weighted by Crippen LogP contribution is 2.36. The highest BCUT2D eigenvalue weighted by atomic mass is 35.5. The SMILES string of the molecule is C[SiH](C)OC(c1nc(Cn2ncc(NC(=O)OCc3ccccc3Cl)n2)co1)C(C)(C)C. The average Bonchev–Trinajstić information content (AvgIpc) is 3.34. The summed E-state index contributed by atoms with van der Waals surface area (Å²) in [4.78, 5) is 18.0. The summed E-state index contributed by atoms with van der Waals surface area (Å²) in [7, 11) is -1.29. The van der Waals surface area contributed by atoms with Gasteiger partial charge in [-0.25, -0.2) is 9.78 Å². The Morgan fingerprint density at radius 3 is 2.75 bits per heavy atom. The van der Waals surface area contributed by atoms with Gasteiger partial charge in [0.2, 0.25) is 5.89 Å². The molecule has 0 saturated carbocycles. The van der Waals surface area contributed by atoms with E-state index in [9.17, 15) is 4.79 Å². The first-order chi connectivity index (χ1) is 15.1. The van der Waals surface area contributed by atoms with Gasteiger partial charge in [0, 0.05) is 10.6 Å². The van der Waals surface area contributed by atoms with Crippen LogP contribution in [0, 0.1) is 5.41 Å². The van der Waals surface area contributed by atoms with E-state index in [4.69, 9.17) is 25.2 Å². The molecule has 3 rings (SSSR count). The van der Waals surface area contributed by atoms with Crippen LogP contribution in [0.15, 0.2) is 41.1 Å². The number of oxazole rings is 1. The summed E-state index contributed by atoms with van der Waals surface area (Å²) in [6.07, 6.45) is 2.14. The Balaban J connectivity index is 1.57. The molecule has 0 radical (unpaired) electrons. The third kappa shape index (κ3) is 6.65. The Hall–Kier alpha value is -2.69.